The van der Waals surface area contributed by atoms with Crippen molar-refractivity contribution in [1.29, 1.82) is 0 Å². The fourth-order valence-corrected chi connectivity index (χ4v) is 1.14. The van der Waals surface area contributed by atoms with Crippen molar-refractivity contribution in [1.82, 2.24) is 4.90 Å². The molecule has 0 radical (unpaired) electrons. The standard InChI is InChI=1S/C13H19N/c1-6-10-11-13(14(5)9-4)12(7-2)8-3/h6-7,9-11H,1-2,4,8H2,3,5H3/b11-10-,13-12-. The van der Waals surface area contributed by atoms with Gasteiger partial charge in [-0.25, -0.2) is 0 Å². The zero-order valence-electron chi connectivity index (χ0n) is 9.16. The van der Waals surface area contributed by atoms with Gasteiger partial charge in [-0.1, -0.05) is 44.9 Å². The van der Waals surface area contributed by atoms with Crippen molar-refractivity contribution in [3.63, 3.8) is 0 Å². The van der Waals surface area contributed by atoms with Gasteiger partial charge in [-0.3, -0.25) is 0 Å². The third-order valence-electron chi connectivity index (χ3n) is 2.00. The molecule has 0 saturated carbocycles. The van der Waals surface area contributed by atoms with Crippen molar-refractivity contribution >= 4 is 0 Å². The first-order chi connectivity index (χ1) is 6.71. The highest BCUT2D eigenvalue weighted by Gasteiger charge is 2.01. The highest BCUT2D eigenvalue weighted by Crippen LogP contribution is 2.15. The minimum atomic E-state index is 0.957. The summed E-state index contributed by atoms with van der Waals surface area (Å²) >= 11 is 0. The SMILES string of the molecule is C=C/C=C\C(=C(/C=C)CC)N(C)C=C. The molecule has 0 bridgehead atoms. The molecule has 0 N–H and O–H groups in total. The van der Waals surface area contributed by atoms with Crippen LogP contribution in [0.1, 0.15) is 13.3 Å². The number of hydrogen-bond donors (Lipinski definition) is 0. The molecule has 0 rings (SSSR count). The second kappa shape index (κ2) is 6.96. The molecule has 0 aromatic carbocycles. The molecule has 1 heteroatoms. The molecule has 0 unspecified atom stereocenters. The van der Waals surface area contributed by atoms with Crippen molar-refractivity contribution in [2.45, 2.75) is 13.3 Å². The van der Waals surface area contributed by atoms with Crippen LogP contribution in [0.25, 0.3) is 0 Å². The highest BCUT2D eigenvalue weighted by atomic mass is 15.1. The van der Waals surface area contributed by atoms with Crippen LogP contribution in [0.3, 0.4) is 0 Å². The zero-order valence-corrected chi connectivity index (χ0v) is 9.16. The Balaban J connectivity index is 5.13. The zero-order chi connectivity index (χ0) is 11.0. The Bertz CT molecular complexity index is 269. The van der Waals surface area contributed by atoms with Gasteiger partial charge in [0.15, 0.2) is 0 Å². The maximum absolute atomic E-state index is 3.80. The van der Waals surface area contributed by atoms with E-state index in [-0.39, 0.29) is 0 Å². The molecule has 0 aliphatic carbocycles. The largest absolute Gasteiger partial charge is 0.351 e. The van der Waals surface area contributed by atoms with Crippen LogP contribution in [-0.4, -0.2) is 11.9 Å². The van der Waals surface area contributed by atoms with Gasteiger partial charge in [0.2, 0.25) is 0 Å². The fourth-order valence-electron chi connectivity index (χ4n) is 1.14. The quantitative estimate of drug-likeness (QED) is 0.576. The van der Waals surface area contributed by atoms with E-state index >= 15 is 0 Å². The molecule has 0 amide bonds. The van der Waals surface area contributed by atoms with Gasteiger partial charge in [-0.05, 0) is 24.3 Å². The summed E-state index contributed by atoms with van der Waals surface area (Å²) in [7, 11) is 1.97. The van der Waals surface area contributed by atoms with Crippen LogP contribution in [0.4, 0.5) is 0 Å². The summed E-state index contributed by atoms with van der Waals surface area (Å²) in [5.41, 5.74) is 2.31. The first-order valence-corrected chi connectivity index (χ1v) is 4.71. The summed E-state index contributed by atoms with van der Waals surface area (Å²) in [6.45, 7) is 13.3. The molecule has 0 atom stereocenters. The lowest BCUT2D eigenvalue weighted by Gasteiger charge is -2.17. The van der Waals surface area contributed by atoms with Crippen LogP contribution < -0.4 is 0 Å². The van der Waals surface area contributed by atoms with Gasteiger partial charge in [0, 0.05) is 12.7 Å². The lowest BCUT2D eigenvalue weighted by Crippen LogP contribution is -2.09. The van der Waals surface area contributed by atoms with Crippen LogP contribution in [0, 0.1) is 0 Å². The Morgan fingerprint density at radius 1 is 1.29 bits per heavy atom. The monoisotopic (exact) mass is 189 g/mol. The molecule has 14 heavy (non-hydrogen) atoms. The maximum Gasteiger partial charge on any atom is 0.0435 e. The summed E-state index contributed by atoms with van der Waals surface area (Å²) in [5, 5.41) is 0. The fraction of sp³-hybridized carbons (Fsp3) is 0.231. The van der Waals surface area contributed by atoms with E-state index in [0.717, 1.165) is 12.1 Å². The maximum atomic E-state index is 3.80. The van der Waals surface area contributed by atoms with Crippen molar-refractivity contribution in [2.75, 3.05) is 7.05 Å². The second-order valence-electron chi connectivity index (χ2n) is 2.86. The number of likely N-dealkylation sites (N-methyl/N-ethyl adjacent to an activating group) is 1. The normalized spacial score (nSPS) is 12.1. The van der Waals surface area contributed by atoms with E-state index in [2.05, 4.69) is 26.7 Å². The Labute approximate surface area is 87.4 Å². The lowest BCUT2D eigenvalue weighted by molar-refractivity contribution is 0.582. The molecule has 0 aliphatic heterocycles. The van der Waals surface area contributed by atoms with E-state index in [1.807, 2.05) is 30.2 Å². The Kier molecular flexibility index (Phi) is 6.21. The highest BCUT2D eigenvalue weighted by molar-refractivity contribution is 5.33. The molecular weight excluding hydrogens is 170 g/mol. The van der Waals surface area contributed by atoms with E-state index in [1.165, 1.54) is 5.57 Å². The van der Waals surface area contributed by atoms with Crippen LogP contribution in [0.2, 0.25) is 0 Å². The average Bonchev–Trinajstić information content (AvgIpc) is 2.23. The number of rotatable bonds is 6. The Morgan fingerprint density at radius 2 is 1.93 bits per heavy atom. The van der Waals surface area contributed by atoms with E-state index in [4.69, 9.17) is 0 Å². The Hall–Kier alpha value is -1.50. The number of nitrogens with zero attached hydrogens (tertiary/aromatic N) is 1. The minimum Gasteiger partial charge on any atom is -0.351 e. The first-order valence-electron chi connectivity index (χ1n) is 4.71. The Morgan fingerprint density at radius 3 is 2.29 bits per heavy atom. The predicted octanol–water partition coefficient (Wildman–Crippen LogP) is 3.65. The molecule has 1 nitrogen and oxygen atoms in total. The molecule has 76 valence electrons. The molecule has 0 saturated heterocycles. The molecule has 0 aromatic rings. The van der Waals surface area contributed by atoms with E-state index in [0.29, 0.717) is 0 Å². The lowest BCUT2D eigenvalue weighted by atomic mass is 10.1. The van der Waals surface area contributed by atoms with Gasteiger partial charge >= 0.3 is 0 Å². The van der Waals surface area contributed by atoms with Gasteiger partial charge in [-0.15, -0.1) is 0 Å². The van der Waals surface area contributed by atoms with E-state index in [1.54, 1.807) is 12.3 Å². The van der Waals surface area contributed by atoms with Crippen molar-refractivity contribution in [3.05, 3.63) is 61.5 Å². The third kappa shape index (κ3) is 3.48. The van der Waals surface area contributed by atoms with Crippen molar-refractivity contribution < 1.29 is 0 Å². The van der Waals surface area contributed by atoms with Gasteiger partial charge in [0.05, 0.1) is 0 Å². The van der Waals surface area contributed by atoms with Crippen LogP contribution in [-0.2, 0) is 0 Å². The summed E-state index contributed by atoms with van der Waals surface area (Å²) in [6.07, 6.45) is 10.3. The third-order valence-corrected chi connectivity index (χ3v) is 2.00. The predicted molar refractivity (Wildman–Crippen MR) is 64.8 cm³/mol. The molecule has 0 fully saturated rings. The second-order valence-corrected chi connectivity index (χ2v) is 2.86. The van der Waals surface area contributed by atoms with E-state index in [9.17, 15) is 0 Å². The smallest absolute Gasteiger partial charge is 0.0435 e. The summed E-state index contributed by atoms with van der Waals surface area (Å²) < 4.78 is 0. The van der Waals surface area contributed by atoms with Crippen molar-refractivity contribution in [2.24, 2.45) is 0 Å². The van der Waals surface area contributed by atoms with Crippen LogP contribution in [0.5, 0.6) is 0 Å². The summed E-state index contributed by atoms with van der Waals surface area (Å²) in [4.78, 5) is 1.97. The number of allylic oxidation sites excluding steroid dienone is 5. The van der Waals surface area contributed by atoms with Gasteiger partial charge in [0.25, 0.3) is 0 Å². The van der Waals surface area contributed by atoms with Gasteiger partial charge in [-0.2, -0.15) is 0 Å². The topological polar surface area (TPSA) is 3.24 Å². The summed E-state index contributed by atoms with van der Waals surface area (Å²) in [5.74, 6) is 0. The molecule has 0 heterocycles. The molecule has 0 aromatic heterocycles. The molecular formula is C13H19N. The van der Waals surface area contributed by atoms with E-state index < -0.39 is 0 Å². The molecule has 0 spiro atoms. The van der Waals surface area contributed by atoms with Gasteiger partial charge in [0.1, 0.15) is 0 Å². The average molecular weight is 189 g/mol. The molecule has 0 aliphatic rings. The van der Waals surface area contributed by atoms with Crippen molar-refractivity contribution in [3.8, 4) is 0 Å². The first kappa shape index (κ1) is 12.5. The minimum absolute atomic E-state index is 0.957. The number of hydrogen-bond acceptors (Lipinski definition) is 1. The van der Waals surface area contributed by atoms with Crippen LogP contribution in [0.15, 0.2) is 61.5 Å². The summed E-state index contributed by atoms with van der Waals surface area (Å²) in [6, 6.07) is 0. The van der Waals surface area contributed by atoms with Crippen LogP contribution >= 0.6 is 0 Å². The van der Waals surface area contributed by atoms with Gasteiger partial charge < -0.3 is 4.90 Å².